The highest BCUT2D eigenvalue weighted by Crippen LogP contribution is 2.21. The van der Waals surface area contributed by atoms with Gasteiger partial charge in [-0.3, -0.25) is 9.69 Å². The summed E-state index contributed by atoms with van der Waals surface area (Å²) in [5, 5.41) is 0. The van der Waals surface area contributed by atoms with Crippen molar-refractivity contribution in [3.63, 3.8) is 0 Å². The normalized spacial score (nSPS) is 16.1. The van der Waals surface area contributed by atoms with Crippen molar-refractivity contribution in [2.24, 2.45) is 5.73 Å². The number of amides is 1. The Kier molecular flexibility index (Phi) is 6.21. The molecule has 1 aliphatic rings. The molecule has 1 aromatic carbocycles. The Hall–Kier alpha value is -1.59. The number of nitrogens with two attached hydrogens (primary N) is 1. The molecule has 1 aliphatic heterocycles. The van der Waals surface area contributed by atoms with Crippen LogP contribution in [0.1, 0.15) is 30.6 Å². The lowest BCUT2D eigenvalue weighted by molar-refractivity contribution is 0.0631. The summed E-state index contributed by atoms with van der Waals surface area (Å²) in [5.41, 5.74) is 6.21. The molecule has 22 heavy (non-hydrogen) atoms. The number of ether oxygens (including phenoxy) is 1. The van der Waals surface area contributed by atoms with Crippen LogP contribution in [0.25, 0.3) is 0 Å². The van der Waals surface area contributed by atoms with Crippen molar-refractivity contribution < 1.29 is 9.53 Å². The van der Waals surface area contributed by atoms with Crippen molar-refractivity contribution in [1.82, 2.24) is 9.80 Å². The first-order valence-electron chi connectivity index (χ1n) is 8.09. The Morgan fingerprint density at radius 1 is 1.23 bits per heavy atom. The molecule has 0 bridgehead atoms. The zero-order valence-corrected chi connectivity index (χ0v) is 13.6. The standard InChI is InChI=1S/C17H27N3O2/c1-14(2)22-16-7-4-3-6-15(16)17(21)20-12-10-19(11-13-20)9-5-8-18/h3-4,6-7,14H,5,8-13,18H2,1-2H3. The molecular weight excluding hydrogens is 278 g/mol. The number of carbonyl (C=O) groups is 1. The van der Waals surface area contributed by atoms with E-state index >= 15 is 0 Å². The minimum absolute atomic E-state index is 0.0575. The second kappa shape index (κ2) is 8.15. The molecule has 5 heteroatoms. The van der Waals surface area contributed by atoms with Gasteiger partial charge in [0.2, 0.25) is 0 Å². The average molecular weight is 305 g/mol. The van der Waals surface area contributed by atoms with Gasteiger partial charge in [-0.15, -0.1) is 0 Å². The SMILES string of the molecule is CC(C)Oc1ccccc1C(=O)N1CCN(CCCN)CC1. The van der Waals surface area contributed by atoms with E-state index in [0.717, 1.165) is 45.7 Å². The van der Waals surface area contributed by atoms with E-state index in [-0.39, 0.29) is 12.0 Å². The van der Waals surface area contributed by atoms with Crippen molar-refractivity contribution in [2.75, 3.05) is 39.3 Å². The Labute approximate surface area is 133 Å². The van der Waals surface area contributed by atoms with E-state index in [1.807, 2.05) is 43.0 Å². The third-order valence-electron chi connectivity index (χ3n) is 3.82. The van der Waals surface area contributed by atoms with Gasteiger partial charge in [0, 0.05) is 26.2 Å². The first-order valence-corrected chi connectivity index (χ1v) is 8.09. The summed E-state index contributed by atoms with van der Waals surface area (Å²) < 4.78 is 5.76. The van der Waals surface area contributed by atoms with Gasteiger partial charge >= 0.3 is 0 Å². The summed E-state index contributed by atoms with van der Waals surface area (Å²) in [6.07, 6.45) is 1.07. The second-order valence-corrected chi connectivity index (χ2v) is 5.94. The number of nitrogens with zero attached hydrogens (tertiary/aromatic N) is 2. The fourth-order valence-electron chi connectivity index (χ4n) is 2.66. The Morgan fingerprint density at radius 2 is 1.91 bits per heavy atom. The van der Waals surface area contributed by atoms with Crippen LogP contribution in [-0.2, 0) is 0 Å². The molecule has 0 saturated carbocycles. The van der Waals surface area contributed by atoms with Gasteiger partial charge in [-0.1, -0.05) is 12.1 Å². The van der Waals surface area contributed by atoms with E-state index in [1.165, 1.54) is 0 Å². The van der Waals surface area contributed by atoms with Gasteiger partial charge in [0.05, 0.1) is 11.7 Å². The van der Waals surface area contributed by atoms with E-state index < -0.39 is 0 Å². The van der Waals surface area contributed by atoms with Crippen LogP contribution in [0, 0.1) is 0 Å². The first kappa shape index (κ1) is 16.8. The zero-order chi connectivity index (χ0) is 15.9. The maximum atomic E-state index is 12.7. The lowest BCUT2D eigenvalue weighted by Crippen LogP contribution is -2.49. The lowest BCUT2D eigenvalue weighted by Gasteiger charge is -2.35. The smallest absolute Gasteiger partial charge is 0.257 e. The molecule has 0 unspecified atom stereocenters. The van der Waals surface area contributed by atoms with Gasteiger partial charge in [-0.25, -0.2) is 0 Å². The van der Waals surface area contributed by atoms with Crippen LogP contribution >= 0.6 is 0 Å². The minimum Gasteiger partial charge on any atom is -0.490 e. The van der Waals surface area contributed by atoms with Crippen LogP contribution < -0.4 is 10.5 Å². The van der Waals surface area contributed by atoms with E-state index in [0.29, 0.717) is 11.3 Å². The Morgan fingerprint density at radius 3 is 2.55 bits per heavy atom. The number of hydrogen-bond acceptors (Lipinski definition) is 4. The van der Waals surface area contributed by atoms with Crippen molar-refractivity contribution >= 4 is 5.91 Å². The van der Waals surface area contributed by atoms with Crippen LogP contribution in [0.2, 0.25) is 0 Å². The number of para-hydroxylation sites is 1. The molecule has 0 spiro atoms. The Balaban J connectivity index is 1.98. The minimum atomic E-state index is 0.0575. The number of rotatable bonds is 6. The second-order valence-electron chi connectivity index (χ2n) is 5.94. The summed E-state index contributed by atoms with van der Waals surface area (Å²) in [6.45, 7) is 9.04. The molecule has 122 valence electrons. The van der Waals surface area contributed by atoms with Gasteiger partial charge in [0.1, 0.15) is 5.75 Å². The van der Waals surface area contributed by atoms with Gasteiger partial charge in [-0.2, -0.15) is 0 Å². The molecule has 1 saturated heterocycles. The largest absolute Gasteiger partial charge is 0.490 e. The molecule has 0 atom stereocenters. The Bertz CT molecular complexity index is 483. The zero-order valence-electron chi connectivity index (χ0n) is 13.6. The van der Waals surface area contributed by atoms with Gasteiger partial charge in [0.25, 0.3) is 5.91 Å². The summed E-state index contributed by atoms with van der Waals surface area (Å²) in [6, 6.07) is 7.50. The van der Waals surface area contributed by atoms with Crippen molar-refractivity contribution in [1.29, 1.82) is 0 Å². The molecule has 1 amide bonds. The maximum absolute atomic E-state index is 12.7. The van der Waals surface area contributed by atoms with Gasteiger partial charge < -0.3 is 15.4 Å². The molecule has 1 heterocycles. The molecule has 2 N–H and O–H groups in total. The van der Waals surface area contributed by atoms with E-state index in [1.54, 1.807) is 0 Å². The van der Waals surface area contributed by atoms with Crippen LogP contribution in [0.5, 0.6) is 5.75 Å². The highest BCUT2D eigenvalue weighted by atomic mass is 16.5. The molecule has 0 aromatic heterocycles. The van der Waals surface area contributed by atoms with Crippen LogP contribution in [0.3, 0.4) is 0 Å². The summed E-state index contributed by atoms with van der Waals surface area (Å²) in [5.74, 6) is 0.739. The highest BCUT2D eigenvalue weighted by molar-refractivity contribution is 5.97. The molecule has 2 rings (SSSR count). The number of benzene rings is 1. The van der Waals surface area contributed by atoms with E-state index in [4.69, 9.17) is 10.5 Å². The third-order valence-corrected chi connectivity index (χ3v) is 3.82. The van der Waals surface area contributed by atoms with Crippen LogP contribution in [0.4, 0.5) is 0 Å². The fraction of sp³-hybridized carbons (Fsp3) is 0.588. The molecule has 0 radical (unpaired) electrons. The van der Waals surface area contributed by atoms with Crippen molar-refractivity contribution in [3.8, 4) is 5.75 Å². The number of carbonyl (C=O) groups excluding carboxylic acids is 1. The fourth-order valence-corrected chi connectivity index (χ4v) is 2.66. The predicted octanol–water partition coefficient (Wildman–Crippen LogP) is 1.58. The van der Waals surface area contributed by atoms with E-state index in [9.17, 15) is 4.79 Å². The lowest BCUT2D eigenvalue weighted by atomic mass is 10.1. The summed E-state index contributed by atoms with van der Waals surface area (Å²) >= 11 is 0. The third kappa shape index (κ3) is 4.45. The predicted molar refractivity (Wildman–Crippen MR) is 88.2 cm³/mol. The van der Waals surface area contributed by atoms with Crippen LogP contribution in [-0.4, -0.2) is 61.1 Å². The van der Waals surface area contributed by atoms with E-state index in [2.05, 4.69) is 4.90 Å². The molecule has 0 aliphatic carbocycles. The average Bonchev–Trinajstić information content (AvgIpc) is 2.53. The monoisotopic (exact) mass is 305 g/mol. The van der Waals surface area contributed by atoms with Crippen LogP contribution in [0.15, 0.2) is 24.3 Å². The number of piperazine rings is 1. The molecule has 1 aromatic rings. The number of hydrogen-bond donors (Lipinski definition) is 1. The summed E-state index contributed by atoms with van der Waals surface area (Å²) in [4.78, 5) is 17.0. The highest BCUT2D eigenvalue weighted by Gasteiger charge is 2.24. The summed E-state index contributed by atoms with van der Waals surface area (Å²) in [7, 11) is 0. The molecule has 5 nitrogen and oxygen atoms in total. The first-order chi connectivity index (χ1) is 10.6. The maximum Gasteiger partial charge on any atom is 0.257 e. The molecular formula is C17H27N3O2. The van der Waals surface area contributed by atoms with Gasteiger partial charge in [0.15, 0.2) is 0 Å². The van der Waals surface area contributed by atoms with Crippen molar-refractivity contribution in [3.05, 3.63) is 29.8 Å². The van der Waals surface area contributed by atoms with Crippen molar-refractivity contribution in [2.45, 2.75) is 26.4 Å². The molecule has 1 fully saturated rings. The van der Waals surface area contributed by atoms with Gasteiger partial charge in [-0.05, 0) is 45.5 Å². The topological polar surface area (TPSA) is 58.8 Å². The quantitative estimate of drug-likeness (QED) is 0.867.